The molecule has 18 heavy (non-hydrogen) atoms. The highest BCUT2D eigenvalue weighted by Crippen LogP contribution is 2.25. The van der Waals surface area contributed by atoms with E-state index in [-0.39, 0.29) is 11.5 Å². The van der Waals surface area contributed by atoms with Crippen molar-refractivity contribution in [3.8, 4) is 5.75 Å². The van der Waals surface area contributed by atoms with E-state index >= 15 is 0 Å². The van der Waals surface area contributed by atoms with Gasteiger partial charge in [-0.05, 0) is 24.0 Å². The Kier molecular flexibility index (Phi) is 3.55. The number of likely N-dealkylation sites (tertiary alicyclic amines) is 1. The van der Waals surface area contributed by atoms with Crippen molar-refractivity contribution >= 4 is 5.91 Å². The van der Waals surface area contributed by atoms with Gasteiger partial charge in [0.2, 0.25) is 0 Å². The monoisotopic (exact) mass is 251 g/mol. The number of carbonyl (C=O) groups excluding carboxylic acids is 1. The summed E-state index contributed by atoms with van der Waals surface area (Å²) in [7, 11) is 1.47. The zero-order chi connectivity index (χ0) is 13.3. The molecule has 2 atom stereocenters. The first kappa shape index (κ1) is 12.9. The predicted octanol–water partition coefficient (Wildman–Crippen LogP) is 2.56. The minimum Gasteiger partial charge on any atom is -0.497 e. The molecule has 1 aromatic carbocycles. The van der Waals surface area contributed by atoms with Gasteiger partial charge in [-0.3, -0.25) is 4.79 Å². The lowest BCUT2D eigenvalue weighted by atomic mass is 10.0. The van der Waals surface area contributed by atoms with Gasteiger partial charge in [-0.25, -0.2) is 4.39 Å². The van der Waals surface area contributed by atoms with Crippen LogP contribution in [0.5, 0.6) is 5.75 Å². The van der Waals surface area contributed by atoms with E-state index in [9.17, 15) is 9.18 Å². The highest BCUT2D eigenvalue weighted by molar-refractivity contribution is 5.94. The van der Waals surface area contributed by atoms with Gasteiger partial charge in [0.05, 0.1) is 12.7 Å². The third kappa shape index (κ3) is 2.33. The van der Waals surface area contributed by atoms with E-state index in [1.807, 2.05) is 0 Å². The molecule has 1 heterocycles. The van der Waals surface area contributed by atoms with Crippen molar-refractivity contribution in [2.45, 2.75) is 13.8 Å². The van der Waals surface area contributed by atoms with Gasteiger partial charge in [-0.15, -0.1) is 0 Å². The lowest BCUT2D eigenvalue weighted by Gasteiger charge is -2.16. The quantitative estimate of drug-likeness (QED) is 0.808. The van der Waals surface area contributed by atoms with Crippen molar-refractivity contribution in [1.29, 1.82) is 0 Å². The van der Waals surface area contributed by atoms with Crippen LogP contribution in [-0.4, -0.2) is 31.0 Å². The van der Waals surface area contributed by atoms with E-state index in [0.29, 0.717) is 30.7 Å². The largest absolute Gasteiger partial charge is 0.497 e. The Bertz CT molecular complexity index is 451. The Morgan fingerprint density at radius 2 is 1.94 bits per heavy atom. The Labute approximate surface area is 107 Å². The van der Waals surface area contributed by atoms with Gasteiger partial charge in [0.25, 0.3) is 5.91 Å². The molecule has 4 heteroatoms. The van der Waals surface area contributed by atoms with Crippen LogP contribution in [-0.2, 0) is 0 Å². The predicted molar refractivity (Wildman–Crippen MR) is 67.2 cm³/mol. The van der Waals surface area contributed by atoms with Gasteiger partial charge < -0.3 is 9.64 Å². The lowest BCUT2D eigenvalue weighted by Crippen LogP contribution is -2.29. The maximum absolute atomic E-state index is 13.8. The minimum atomic E-state index is -0.522. The van der Waals surface area contributed by atoms with Crippen LogP contribution in [0.3, 0.4) is 0 Å². The number of ether oxygens (including phenoxy) is 1. The van der Waals surface area contributed by atoms with E-state index in [1.165, 1.54) is 19.2 Å². The molecule has 1 aromatic rings. The molecule has 0 aliphatic carbocycles. The number of rotatable bonds is 2. The van der Waals surface area contributed by atoms with Crippen LogP contribution in [0, 0.1) is 17.7 Å². The number of amides is 1. The summed E-state index contributed by atoms with van der Waals surface area (Å²) in [6.07, 6.45) is 0. The molecule has 1 aliphatic heterocycles. The molecule has 0 aromatic heterocycles. The van der Waals surface area contributed by atoms with Gasteiger partial charge in [-0.2, -0.15) is 0 Å². The van der Waals surface area contributed by atoms with Crippen molar-refractivity contribution in [3.05, 3.63) is 29.6 Å². The average molecular weight is 251 g/mol. The van der Waals surface area contributed by atoms with Gasteiger partial charge >= 0.3 is 0 Å². The lowest BCUT2D eigenvalue weighted by molar-refractivity contribution is 0.0780. The first-order valence-electron chi connectivity index (χ1n) is 6.15. The molecular formula is C14H18FNO2. The number of hydrogen-bond donors (Lipinski definition) is 0. The van der Waals surface area contributed by atoms with Crippen molar-refractivity contribution in [2.24, 2.45) is 11.8 Å². The second-order valence-corrected chi connectivity index (χ2v) is 5.01. The van der Waals surface area contributed by atoms with Crippen molar-refractivity contribution < 1.29 is 13.9 Å². The number of benzene rings is 1. The van der Waals surface area contributed by atoms with E-state index in [1.54, 1.807) is 11.0 Å². The maximum atomic E-state index is 13.8. The van der Waals surface area contributed by atoms with E-state index in [2.05, 4.69) is 13.8 Å². The van der Waals surface area contributed by atoms with Crippen LogP contribution in [0.2, 0.25) is 0 Å². The molecule has 0 radical (unpaired) electrons. The van der Waals surface area contributed by atoms with Crippen LogP contribution in [0.1, 0.15) is 24.2 Å². The van der Waals surface area contributed by atoms with Crippen LogP contribution in [0.25, 0.3) is 0 Å². The summed E-state index contributed by atoms with van der Waals surface area (Å²) in [5.74, 6) is 0.607. The summed E-state index contributed by atoms with van der Waals surface area (Å²) in [6.45, 7) is 5.63. The molecule has 0 saturated carbocycles. The fourth-order valence-electron chi connectivity index (χ4n) is 2.26. The highest BCUT2D eigenvalue weighted by atomic mass is 19.1. The van der Waals surface area contributed by atoms with E-state index < -0.39 is 5.82 Å². The SMILES string of the molecule is COc1ccc(C(=O)N2CC(C)C(C)C2)c(F)c1. The van der Waals surface area contributed by atoms with Crippen molar-refractivity contribution in [2.75, 3.05) is 20.2 Å². The van der Waals surface area contributed by atoms with Crippen LogP contribution in [0.4, 0.5) is 4.39 Å². The van der Waals surface area contributed by atoms with E-state index in [4.69, 9.17) is 4.74 Å². The second-order valence-electron chi connectivity index (χ2n) is 5.01. The first-order chi connectivity index (χ1) is 8.52. The molecular weight excluding hydrogens is 233 g/mol. The first-order valence-corrected chi connectivity index (χ1v) is 6.15. The molecule has 3 nitrogen and oxygen atoms in total. The molecule has 1 saturated heterocycles. The molecule has 98 valence electrons. The Balaban J connectivity index is 2.19. The molecule has 0 spiro atoms. The average Bonchev–Trinajstić information content (AvgIpc) is 2.68. The number of carbonyl (C=O) groups is 1. The van der Waals surface area contributed by atoms with Crippen molar-refractivity contribution in [1.82, 2.24) is 4.90 Å². The smallest absolute Gasteiger partial charge is 0.256 e. The Hall–Kier alpha value is -1.58. The third-order valence-electron chi connectivity index (χ3n) is 3.68. The van der Waals surface area contributed by atoms with E-state index in [0.717, 1.165) is 0 Å². The summed E-state index contributed by atoms with van der Waals surface area (Å²) in [4.78, 5) is 13.9. The zero-order valence-electron chi connectivity index (χ0n) is 10.9. The van der Waals surface area contributed by atoms with Crippen LogP contribution < -0.4 is 4.74 Å². The Morgan fingerprint density at radius 1 is 1.33 bits per heavy atom. The molecule has 2 unspecified atom stereocenters. The maximum Gasteiger partial charge on any atom is 0.256 e. The molecule has 0 N–H and O–H groups in total. The van der Waals surface area contributed by atoms with Gasteiger partial charge in [0.15, 0.2) is 0 Å². The highest BCUT2D eigenvalue weighted by Gasteiger charge is 2.30. The molecule has 1 fully saturated rings. The van der Waals surface area contributed by atoms with Gasteiger partial charge in [0.1, 0.15) is 11.6 Å². The summed E-state index contributed by atoms with van der Waals surface area (Å²) < 4.78 is 18.7. The zero-order valence-corrected chi connectivity index (χ0v) is 10.9. The molecule has 0 bridgehead atoms. The summed E-state index contributed by atoms with van der Waals surface area (Å²) >= 11 is 0. The number of nitrogens with zero attached hydrogens (tertiary/aromatic N) is 1. The van der Waals surface area contributed by atoms with Crippen molar-refractivity contribution in [3.63, 3.8) is 0 Å². The fourth-order valence-corrected chi connectivity index (χ4v) is 2.26. The molecule has 2 rings (SSSR count). The van der Waals surface area contributed by atoms with Gasteiger partial charge in [0, 0.05) is 19.2 Å². The third-order valence-corrected chi connectivity index (χ3v) is 3.68. The molecule has 1 amide bonds. The van der Waals surface area contributed by atoms with Crippen LogP contribution >= 0.6 is 0 Å². The summed E-state index contributed by atoms with van der Waals surface area (Å²) in [5.41, 5.74) is 0.122. The minimum absolute atomic E-state index is 0.122. The number of methoxy groups -OCH3 is 1. The molecule has 1 aliphatic rings. The normalized spacial score (nSPS) is 23.2. The topological polar surface area (TPSA) is 29.5 Å². The Morgan fingerprint density at radius 3 is 2.44 bits per heavy atom. The summed E-state index contributed by atoms with van der Waals surface area (Å²) in [5, 5.41) is 0. The van der Waals surface area contributed by atoms with Gasteiger partial charge in [-0.1, -0.05) is 13.8 Å². The van der Waals surface area contributed by atoms with Crippen LogP contribution in [0.15, 0.2) is 18.2 Å². The second kappa shape index (κ2) is 4.96. The number of hydrogen-bond acceptors (Lipinski definition) is 2. The number of halogens is 1. The summed E-state index contributed by atoms with van der Waals surface area (Å²) in [6, 6.07) is 4.35. The fraction of sp³-hybridized carbons (Fsp3) is 0.500. The standard InChI is InChI=1S/C14H18FNO2/c1-9-7-16(8-10(9)2)14(17)12-5-4-11(18-3)6-13(12)15/h4-6,9-10H,7-8H2,1-3H3.